The Labute approximate surface area is 68.6 Å². The fourth-order valence-electron chi connectivity index (χ4n) is 1.21. The number of hydrogen-bond donors (Lipinski definition) is 1. The molecule has 0 saturated heterocycles. The Bertz CT molecular complexity index is 119. The van der Waals surface area contributed by atoms with E-state index < -0.39 is 0 Å². The van der Waals surface area contributed by atoms with Gasteiger partial charge in [-0.1, -0.05) is 13.8 Å². The van der Waals surface area contributed by atoms with Gasteiger partial charge in [0.15, 0.2) is 0 Å². The normalized spacial score (nSPS) is 13.5. The quantitative estimate of drug-likeness (QED) is 0.660. The van der Waals surface area contributed by atoms with Gasteiger partial charge in [-0.3, -0.25) is 4.79 Å². The van der Waals surface area contributed by atoms with Crippen molar-refractivity contribution in [1.82, 2.24) is 0 Å². The number of aliphatic hydroxyl groups excluding tert-OH is 1. The summed E-state index contributed by atoms with van der Waals surface area (Å²) in [6, 6.07) is 0. The van der Waals surface area contributed by atoms with Gasteiger partial charge in [-0.25, -0.2) is 0 Å². The molecule has 0 radical (unpaired) electrons. The molecule has 1 N–H and O–H groups in total. The summed E-state index contributed by atoms with van der Waals surface area (Å²) < 4.78 is 0. The maximum Gasteiger partial charge on any atom is 0.133 e. The summed E-state index contributed by atoms with van der Waals surface area (Å²) in [6.07, 6.45) is 1.52. The first kappa shape index (κ1) is 10.6. The molecule has 1 atom stereocenters. The third-order valence-electron chi connectivity index (χ3n) is 1.81. The van der Waals surface area contributed by atoms with E-state index in [1.807, 2.05) is 0 Å². The molecule has 0 rings (SSSR count). The molecule has 2 heteroatoms. The van der Waals surface area contributed by atoms with Gasteiger partial charge in [-0.2, -0.15) is 0 Å². The predicted molar refractivity (Wildman–Crippen MR) is 45.3 cm³/mol. The number of hydrogen-bond acceptors (Lipinski definition) is 2. The highest BCUT2D eigenvalue weighted by Gasteiger charge is 2.14. The van der Waals surface area contributed by atoms with Gasteiger partial charge in [0.1, 0.15) is 5.78 Å². The highest BCUT2D eigenvalue weighted by atomic mass is 16.3. The minimum atomic E-state index is 0.0694. The molecule has 1 unspecified atom stereocenters. The summed E-state index contributed by atoms with van der Waals surface area (Å²) in [7, 11) is 0. The van der Waals surface area contributed by atoms with E-state index in [0.29, 0.717) is 12.3 Å². The van der Waals surface area contributed by atoms with E-state index in [2.05, 4.69) is 13.8 Å². The van der Waals surface area contributed by atoms with Crippen molar-refractivity contribution >= 4 is 5.78 Å². The molecule has 0 fully saturated rings. The van der Waals surface area contributed by atoms with Gasteiger partial charge in [0, 0.05) is 12.5 Å². The minimum Gasteiger partial charge on any atom is -0.396 e. The van der Waals surface area contributed by atoms with Crippen molar-refractivity contribution in [2.24, 2.45) is 11.8 Å². The second kappa shape index (κ2) is 5.30. The number of aliphatic hydroxyl groups is 1. The van der Waals surface area contributed by atoms with Crippen molar-refractivity contribution in [3.05, 3.63) is 0 Å². The van der Waals surface area contributed by atoms with Crippen LogP contribution in [0.15, 0.2) is 0 Å². The monoisotopic (exact) mass is 158 g/mol. The average molecular weight is 158 g/mol. The molecule has 0 amide bonds. The Kier molecular flexibility index (Phi) is 5.12. The summed E-state index contributed by atoms with van der Waals surface area (Å²) in [5.41, 5.74) is 0. The van der Waals surface area contributed by atoms with E-state index in [1.54, 1.807) is 6.92 Å². The van der Waals surface area contributed by atoms with E-state index >= 15 is 0 Å². The predicted octanol–water partition coefficient (Wildman–Crippen LogP) is 1.62. The molecule has 0 bridgehead atoms. The van der Waals surface area contributed by atoms with Crippen molar-refractivity contribution in [1.29, 1.82) is 0 Å². The molecule has 11 heavy (non-hydrogen) atoms. The zero-order valence-electron chi connectivity index (χ0n) is 7.63. The molecule has 0 aliphatic heterocycles. The number of carbonyl (C=O) groups is 1. The average Bonchev–Trinajstić information content (AvgIpc) is 1.86. The molecule has 0 saturated carbocycles. The van der Waals surface area contributed by atoms with Gasteiger partial charge < -0.3 is 5.11 Å². The molecule has 66 valence electrons. The lowest BCUT2D eigenvalue weighted by atomic mass is 9.91. The van der Waals surface area contributed by atoms with Gasteiger partial charge in [-0.15, -0.1) is 0 Å². The second-order valence-corrected chi connectivity index (χ2v) is 3.45. The topological polar surface area (TPSA) is 37.3 Å². The Hall–Kier alpha value is -0.370. The van der Waals surface area contributed by atoms with E-state index in [9.17, 15) is 4.79 Å². The third kappa shape index (κ3) is 4.96. The van der Waals surface area contributed by atoms with Crippen LogP contribution >= 0.6 is 0 Å². The summed E-state index contributed by atoms with van der Waals surface area (Å²) >= 11 is 0. The van der Waals surface area contributed by atoms with Crippen molar-refractivity contribution in [2.45, 2.75) is 33.6 Å². The van der Waals surface area contributed by atoms with E-state index in [-0.39, 0.29) is 18.3 Å². The molecule has 0 aromatic carbocycles. The van der Waals surface area contributed by atoms with Crippen LogP contribution in [0.5, 0.6) is 0 Å². The number of Topliss-reactive ketones (excluding diaryl/α,β-unsaturated/α-hetero) is 1. The highest BCUT2D eigenvalue weighted by molar-refractivity contribution is 5.78. The van der Waals surface area contributed by atoms with Gasteiger partial charge in [0.2, 0.25) is 0 Å². The molecule has 0 aromatic rings. The largest absolute Gasteiger partial charge is 0.396 e. The fraction of sp³-hybridized carbons (Fsp3) is 0.889. The van der Waals surface area contributed by atoms with Crippen LogP contribution in [0.1, 0.15) is 33.6 Å². The molecule has 0 aromatic heterocycles. The van der Waals surface area contributed by atoms with Crippen LogP contribution in [0.3, 0.4) is 0 Å². The van der Waals surface area contributed by atoms with Gasteiger partial charge in [0.25, 0.3) is 0 Å². The summed E-state index contributed by atoms with van der Waals surface area (Å²) in [4.78, 5) is 11.0. The molecule has 0 spiro atoms. The van der Waals surface area contributed by atoms with E-state index in [4.69, 9.17) is 5.11 Å². The number of ketones is 1. The number of rotatable bonds is 5. The first-order valence-corrected chi connectivity index (χ1v) is 4.19. The zero-order chi connectivity index (χ0) is 8.85. The van der Waals surface area contributed by atoms with Crippen LogP contribution in [0, 0.1) is 11.8 Å². The molecule has 0 heterocycles. The van der Waals surface area contributed by atoms with Crippen molar-refractivity contribution in [2.75, 3.05) is 6.61 Å². The third-order valence-corrected chi connectivity index (χ3v) is 1.81. The van der Waals surface area contributed by atoms with Crippen LogP contribution in [0.4, 0.5) is 0 Å². The highest BCUT2D eigenvalue weighted by Crippen LogP contribution is 2.15. The van der Waals surface area contributed by atoms with Gasteiger partial charge >= 0.3 is 0 Å². The Morgan fingerprint density at radius 1 is 1.45 bits per heavy atom. The Morgan fingerprint density at radius 3 is 2.27 bits per heavy atom. The van der Waals surface area contributed by atoms with Crippen LogP contribution in [-0.4, -0.2) is 17.5 Å². The molecular weight excluding hydrogens is 140 g/mol. The molecule has 0 aliphatic rings. The van der Waals surface area contributed by atoms with Gasteiger partial charge in [-0.05, 0) is 25.7 Å². The number of carbonyl (C=O) groups excluding carboxylic acids is 1. The van der Waals surface area contributed by atoms with Crippen molar-refractivity contribution in [3.63, 3.8) is 0 Å². The lowest BCUT2D eigenvalue weighted by Gasteiger charge is -2.13. The van der Waals surface area contributed by atoms with Crippen LogP contribution in [-0.2, 0) is 4.79 Å². The SMILES string of the molecule is CC(=O)C(CCO)CC(C)C. The Balaban J connectivity index is 3.79. The lowest BCUT2D eigenvalue weighted by Crippen LogP contribution is -2.14. The van der Waals surface area contributed by atoms with Gasteiger partial charge in [0.05, 0.1) is 0 Å². The first-order chi connectivity index (χ1) is 5.07. The first-order valence-electron chi connectivity index (χ1n) is 4.19. The molecule has 0 aliphatic carbocycles. The van der Waals surface area contributed by atoms with Crippen LogP contribution in [0.2, 0.25) is 0 Å². The van der Waals surface area contributed by atoms with Crippen LogP contribution in [0.25, 0.3) is 0 Å². The van der Waals surface area contributed by atoms with Crippen molar-refractivity contribution in [3.8, 4) is 0 Å². The van der Waals surface area contributed by atoms with Crippen molar-refractivity contribution < 1.29 is 9.90 Å². The molecule has 2 nitrogen and oxygen atoms in total. The summed E-state index contributed by atoms with van der Waals surface area (Å²) in [5, 5.41) is 8.65. The smallest absolute Gasteiger partial charge is 0.133 e. The Morgan fingerprint density at radius 2 is 2.00 bits per heavy atom. The van der Waals surface area contributed by atoms with E-state index in [1.165, 1.54) is 0 Å². The maximum absolute atomic E-state index is 11.0. The standard InChI is InChI=1S/C9H18O2/c1-7(2)6-9(4-5-10)8(3)11/h7,9-10H,4-6H2,1-3H3. The fourth-order valence-corrected chi connectivity index (χ4v) is 1.21. The lowest BCUT2D eigenvalue weighted by molar-refractivity contribution is -0.121. The minimum absolute atomic E-state index is 0.0694. The summed E-state index contributed by atoms with van der Waals surface area (Å²) in [5.74, 6) is 0.809. The maximum atomic E-state index is 11.0. The molecular formula is C9H18O2. The second-order valence-electron chi connectivity index (χ2n) is 3.45. The van der Waals surface area contributed by atoms with E-state index in [0.717, 1.165) is 6.42 Å². The zero-order valence-corrected chi connectivity index (χ0v) is 7.63. The summed E-state index contributed by atoms with van der Waals surface area (Å²) in [6.45, 7) is 5.90. The van der Waals surface area contributed by atoms with Crippen LogP contribution < -0.4 is 0 Å².